The first kappa shape index (κ1) is 15.3. The highest BCUT2D eigenvalue weighted by Gasteiger charge is 2.54. The van der Waals surface area contributed by atoms with E-state index in [1.807, 2.05) is 41.5 Å². The molecule has 2 aliphatic heterocycles. The lowest BCUT2D eigenvalue weighted by Crippen LogP contribution is -2.61. The van der Waals surface area contributed by atoms with Crippen LogP contribution in [0.15, 0.2) is 27.3 Å². The molecule has 0 radical (unpaired) electrons. The minimum Gasteiger partial charge on any atom is -0.295 e. The number of nitrogens with one attached hydrogen (secondary N) is 1. The first-order valence-corrected chi connectivity index (χ1v) is 7.81. The van der Waals surface area contributed by atoms with Crippen LogP contribution < -0.4 is 5.32 Å². The van der Waals surface area contributed by atoms with Crippen LogP contribution in [-0.4, -0.2) is 33.9 Å². The van der Waals surface area contributed by atoms with Crippen molar-refractivity contribution in [2.75, 3.05) is 0 Å². The standard InChI is InChI=1S/C18H24N2O2/c1-9-12-11(19-16(3,4)14(9)21)8-18(7)13(12)10(2)15(22)17(5,6)20-18/h20H,8H2,1-7H3. The van der Waals surface area contributed by atoms with Crippen LogP contribution in [0, 0.1) is 0 Å². The number of carbonyl (C=O) groups excluding carboxylic acids is 2. The van der Waals surface area contributed by atoms with Crippen molar-refractivity contribution in [1.82, 2.24) is 5.32 Å². The third-order valence-corrected chi connectivity index (χ3v) is 5.17. The summed E-state index contributed by atoms with van der Waals surface area (Å²) in [6.45, 7) is 13.4. The Hall–Kier alpha value is -1.55. The Morgan fingerprint density at radius 2 is 1.55 bits per heavy atom. The molecule has 2 heterocycles. The summed E-state index contributed by atoms with van der Waals surface area (Å²) in [4.78, 5) is 30.0. The van der Waals surface area contributed by atoms with E-state index in [0.29, 0.717) is 0 Å². The summed E-state index contributed by atoms with van der Waals surface area (Å²) >= 11 is 0. The molecule has 1 unspecified atom stereocenters. The topological polar surface area (TPSA) is 58.5 Å². The van der Waals surface area contributed by atoms with Gasteiger partial charge in [0.05, 0.1) is 5.54 Å². The highest BCUT2D eigenvalue weighted by Crippen LogP contribution is 2.48. The number of Topliss-reactive ketones (excluding diaryl/α,β-unsaturated/α-hetero) is 2. The second-order valence-corrected chi connectivity index (χ2v) is 8.03. The van der Waals surface area contributed by atoms with Crippen molar-refractivity contribution in [1.29, 1.82) is 0 Å². The van der Waals surface area contributed by atoms with E-state index < -0.39 is 11.1 Å². The summed E-state index contributed by atoms with van der Waals surface area (Å²) in [5.41, 5.74) is 2.69. The van der Waals surface area contributed by atoms with Gasteiger partial charge in [0.25, 0.3) is 0 Å². The summed E-state index contributed by atoms with van der Waals surface area (Å²) in [5, 5.41) is 3.50. The average Bonchev–Trinajstić information content (AvgIpc) is 2.64. The fraction of sp³-hybridized carbons (Fsp3) is 0.611. The van der Waals surface area contributed by atoms with Crippen LogP contribution in [0.4, 0.5) is 0 Å². The van der Waals surface area contributed by atoms with Gasteiger partial charge >= 0.3 is 0 Å². The molecule has 0 saturated heterocycles. The quantitative estimate of drug-likeness (QED) is 0.748. The van der Waals surface area contributed by atoms with Gasteiger partial charge in [-0.1, -0.05) is 0 Å². The van der Waals surface area contributed by atoms with E-state index >= 15 is 0 Å². The molecule has 3 rings (SSSR count). The molecule has 4 heteroatoms. The van der Waals surface area contributed by atoms with Gasteiger partial charge in [0.15, 0.2) is 11.6 Å². The van der Waals surface area contributed by atoms with Gasteiger partial charge in [0.1, 0.15) is 5.54 Å². The molecular formula is C18H24N2O2. The third kappa shape index (κ3) is 1.76. The van der Waals surface area contributed by atoms with Crippen LogP contribution in [0.3, 0.4) is 0 Å². The zero-order chi connectivity index (χ0) is 16.7. The van der Waals surface area contributed by atoms with Gasteiger partial charge in [-0.15, -0.1) is 0 Å². The average molecular weight is 300 g/mol. The number of ketones is 2. The van der Waals surface area contributed by atoms with Crippen LogP contribution in [0.5, 0.6) is 0 Å². The maximum absolute atomic E-state index is 12.7. The Kier molecular flexibility index (Phi) is 2.82. The van der Waals surface area contributed by atoms with Crippen LogP contribution >= 0.6 is 0 Å². The molecule has 0 spiro atoms. The van der Waals surface area contributed by atoms with Crippen LogP contribution in [0.25, 0.3) is 0 Å². The zero-order valence-corrected chi connectivity index (χ0v) is 14.5. The van der Waals surface area contributed by atoms with Crippen molar-refractivity contribution in [2.24, 2.45) is 4.99 Å². The number of nitrogens with zero attached hydrogens (tertiary/aromatic N) is 1. The SMILES string of the molecule is CC1=C2C(=NC(C)(C)C1=O)CC1(C)NC(C)(C)C(=O)C(C)=C21. The van der Waals surface area contributed by atoms with Gasteiger partial charge in [-0.2, -0.15) is 0 Å². The number of hydrogen-bond acceptors (Lipinski definition) is 4. The van der Waals surface area contributed by atoms with Crippen molar-refractivity contribution < 1.29 is 9.59 Å². The molecule has 0 aromatic carbocycles. The molecule has 3 aliphatic rings. The van der Waals surface area contributed by atoms with Crippen molar-refractivity contribution >= 4 is 17.3 Å². The first-order valence-electron chi connectivity index (χ1n) is 7.81. The lowest BCUT2D eigenvalue weighted by molar-refractivity contribution is -0.122. The first-order chi connectivity index (χ1) is 9.91. The smallest absolute Gasteiger partial charge is 0.186 e. The number of rotatable bonds is 0. The summed E-state index contributed by atoms with van der Waals surface area (Å²) in [6, 6.07) is 0. The molecule has 0 aromatic heterocycles. The van der Waals surface area contributed by atoms with Gasteiger partial charge < -0.3 is 0 Å². The number of dihydropyridines is 1. The van der Waals surface area contributed by atoms with Crippen molar-refractivity contribution in [3.63, 3.8) is 0 Å². The minimum atomic E-state index is -0.708. The van der Waals surface area contributed by atoms with E-state index in [4.69, 9.17) is 4.99 Å². The van der Waals surface area contributed by atoms with Crippen LogP contribution in [0.2, 0.25) is 0 Å². The Bertz CT molecular complexity index is 719. The molecule has 1 saturated carbocycles. The molecule has 1 atom stereocenters. The zero-order valence-electron chi connectivity index (χ0n) is 14.5. The molecule has 1 fully saturated rings. The van der Waals surface area contributed by atoms with Gasteiger partial charge in [0.2, 0.25) is 0 Å². The summed E-state index contributed by atoms with van der Waals surface area (Å²) in [7, 11) is 0. The molecule has 1 N–H and O–H groups in total. The fourth-order valence-corrected chi connectivity index (χ4v) is 4.43. The lowest BCUT2D eigenvalue weighted by atomic mass is 9.76. The molecular weight excluding hydrogens is 276 g/mol. The molecule has 0 amide bonds. The van der Waals surface area contributed by atoms with E-state index in [0.717, 1.165) is 34.4 Å². The Labute approximate surface area is 131 Å². The molecule has 22 heavy (non-hydrogen) atoms. The van der Waals surface area contributed by atoms with Gasteiger partial charge in [-0.3, -0.25) is 19.9 Å². The Balaban J connectivity index is 2.31. The normalized spacial score (nSPS) is 33.0. The number of fused-ring (bicyclic) bond motifs is 3. The van der Waals surface area contributed by atoms with E-state index in [1.54, 1.807) is 0 Å². The second kappa shape index (κ2) is 4.05. The Morgan fingerprint density at radius 1 is 0.955 bits per heavy atom. The predicted molar refractivity (Wildman–Crippen MR) is 87.2 cm³/mol. The maximum Gasteiger partial charge on any atom is 0.186 e. The van der Waals surface area contributed by atoms with Crippen LogP contribution in [0.1, 0.15) is 54.9 Å². The highest BCUT2D eigenvalue weighted by molar-refractivity contribution is 6.22. The fourth-order valence-electron chi connectivity index (χ4n) is 4.43. The van der Waals surface area contributed by atoms with E-state index in [9.17, 15) is 9.59 Å². The summed E-state index contributed by atoms with van der Waals surface area (Å²) < 4.78 is 0. The van der Waals surface area contributed by atoms with E-state index in [-0.39, 0.29) is 17.1 Å². The molecule has 1 aliphatic carbocycles. The number of carbonyl (C=O) groups is 2. The molecule has 118 valence electrons. The number of hydrogen-bond donors (Lipinski definition) is 1. The monoisotopic (exact) mass is 300 g/mol. The van der Waals surface area contributed by atoms with Crippen LogP contribution in [-0.2, 0) is 9.59 Å². The maximum atomic E-state index is 12.7. The lowest BCUT2D eigenvalue weighted by Gasteiger charge is -2.42. The third-order valence-electron chi connectivity index (χ3n) is 5.17. The van der Waals surface area contributed by atoms with Crippen molar-refractivity contribution in [2.45, 2.75) is 71.5 Å². The number of aliphatic imine (C=N–C) groups is 1. The Morgan fingerprint density at radius 3 is 2.14 bits per heavy atom. The molecule has 0 aromatic rings. The highest BCUT2D eigenvalue weighted by atomic mass is 16.1. The van der Waals surface area contributed by atoms with Gasteiger partial charge in [-0.25, -0.2) is 0 Å². The van der Waals surface area contributed by atoms with E-state index in [2.05, 4.69) is 12.2 Å². The molecule has 4 nitrogen and oxygen atoms in total. The second-order valence-electron chi connectivity index (χ2n) is 8.03. The van der Waals surface area contributed by atoms with Gasteiger partial charge in [0, 0.05) is 28.8 Å². The predicted octanol–water partition coefficient (Wildman–Crippen LogP) is 2.54. The largest absolute Gasteiger partial charge is 0.295 e. The van der Waals surface area contributed by atoms with E-state index in [1.165, 1.54) is 0 Å². The van der Waals surface area contributed by atoms with Crippen molar-refractivity contribution in [3.05, 3.63) is 22.3 Å². The summed E-state index contributed by atoms with van der Waals surface area (Å²) in [6.07, 6.45) is 0.722. The minimum absolute atomic E-state index is 0.0492. The van der Waals surface area contributed by atoms with Gasteiger partial charge in [-0.05, 0) is 59.6 Å². The molecule has 0 bridgehead atoms. The summed E-state index contributed by atoms with van der Waals surface area (Å²) in [5.74, 6) is 0.145. The van der Waals surface area contributed by atoms with Crippen molar-refractivity contribution in [3.8, 4) is 0 Å².